The highest BCUT2D eigenvalue weighted by molar-refractivity contribution is 9.11. The Morgan fingerprint density at radius 2 is 1.44 bits per heavy atom. The van der Waals surface area contributed by atoms with E-state index in [1.807, 2.05) is 0 Å². The highest BCUT2D eigenvalue weighted by Crippen LogP contribution is 2.45. The van der Waals surface area contributed by atoms with Crippen LogP contribution in [0.4, 0.5) is 0 Å². The molecule has 6 heteroatoms. The summed E-state index contributed by atoms with van der Waals surface area (Å²) in [5.41, 5.74) is 0.726. The van der Waals surface area contributed by atoms with Crippen LogP contribution in [0.3, 0.4) is 0 Å². The van der Waals surface area contributed by atoms with E-state index in [1.54, 1.807) is 6.92 Å². The molecule has 0 saturated heterocycles. The average Bonchev–Trinajstić information content (AvgIpc) is 2.59. The van der Waals surface area contributed by atoms with Crippen LogP contribution < -0.4 is 0 Å². The van der Waals surface area contributed by atoms with Gasteiger partial charge in [-0.15, -0.1) is 0 Å². The van der Waals surface area contributed by atoms with Gasteiger partial charge < -0.3 is 14.9 Å². The summed E-state index contributed by atoms with van der Waals surface area (Å²) in [6, 6.07) is 0. The number of aromatic hydroxyl groups is 2. The Bertz CT molecular complexity index is 573. The van der Waals surface area contributed by atoms with E-state index in [-0.39, 0.29) is 28.1 Å². The predicted octanol–water partition coefficient (Wildman–Crippen LogP) is 6.48. The number of hydrogen-bond acceptors (Lipinski definition) is 4. The Kier molecular flexibility index (Phi) is 10.5. The number of unbranched alkanes of at least 4 members (excludes halogenated alkanes) is 7. The van der Waals surface area contributed by atoms with E-state index >= 15 is 0 Å². The molecule has 0 saturated carbocycles. The fourth-order valence-corrected chi connectivity index (χ4v) is 4.06. The third-order valence-electron chi connectivity index (χ3n) is 4.19. The van der Waals surface area contributed by atoms with Crippen LogP contribution in [-0.2, 0) is 11.2 Å². The van der Waals surface area contributed by atoms with Crippen molar-refractivity contribution in [3.05, 3.63) is 20.1 Å². The van der Waals surface area contributed by atoms with Crippen molar-refractivity contribution >= 4 is 37.8 Å². The van der Waals surface area contributed by atoms with E-state index < -0.39 is 5.97 Å². The number of phenols is 2. The first-order valence-corrected chi connectivity index (χ1v) is 10.6. The van der Waals surface area contributed by atoms with Crippen molar-refractivity contribution in [3.8, 4) is 11.5 Å². The van der Waals surface area contributed by atoms with Crippen LogP contribution in [0, 0.1) is 0 Å². The van der Waals surface area contributed by atoms with Crippen molar-refractivity contribution in [2.75, 3.05) is 6.61 Å². The van der Waals surface area contributed by atoms with Crippen LogP contribution in [0.25, 0.3) is 0 Å². The third kappa shape index (κ3) is 6.48. The summed E-state index contributed by atoms with van der Waals surface area (Å²) in [6.07, 6.45) is 10.0. The van der Waals surface area contributed by atoms with Gasteiger partial charge in [-0.3, -0.25) is 0 Å². The van der Waals surface area contributed by atoms with E-state index in [4.69, 9.17) is 4.74 Å². The first-order chi connectivity index (χ1) is 12.0. The molecule has 0 spiro atoms. The molecular weight excluding hydrogens is 452 g/mol. The summed E-state index contributed by atoms with van der Waals surface area (Å²) >= 11 is 6.47. The second-order valence-electron chi connectivity index (χ2n) is 6.12. The van der Waals surface area contributed by atoms with Crippen LogP contribution >= 0.6 is 31.9 Å². The average molecular weight is 480 g/mol. The maximum atomic E-state index is 12.2. The second-order valence-corrected chi connectivity index (χ2v) is 7.71. The summed E-state index contributed by atoms with van der Waals surface area (Å²) in [5.74, 6) is -0.940. The largest absolute Gasteiger partial charge is 0.506 e. The Morgan fingerprint density at radius 1 is 0.880 bits per heavy atom. The molecule has 0 aliphatic heterocycles. The minimum absolute atomic E-state index is 0.0971. The molecule has 0 unspecified atom stereocenters. The summed E-state index contributed by atoms with van der Waals surface area (Å²) in [6.45, 7) is 4.16. The van der Waals surface area contributed by atoms with Gasteiger partial charge in [-0.25, -0.2) is 4.79 Å². The zero-order valence-electron chi connectivity index (χ0n) is 15.0. The highest BCUT2D eigenvalue weighted by atomic mass is 79.9. The second kappa shape index (κ2) is 11.8. The molecule has 0 atom stereocenters. The molecule has 2 N–H and O–H groups in total. The molecule has 142 valence electrons. The van der Waals surface area contributed by atoms with Crippen molar-refractivity contribution in [2.24, 2.45) is 0 Å². The number of phenolic OH excluding ortho intramolecular Hbond substituents is 2. The molecule has 25 heavy (non-hydrogen) atoms. The first kappa shape index (κ1) is 22.3. The molecule has 1 aromatic rings. The lowest BCUT2D eigenvalue weighted by molar-refractivity contribution is 0.0521. The van der Waals surface area contributed by atoms with Crippen LogP contribution in [0.2, 0.25) is 0 Å². The molecule has 0 amide bonds. The van der Waals surface area contributed by atoms with Gasteiger partial charge in [0.2, 0.25) is 0 Å². The molecule has 4 nitrogen and oxygen atoms in total. The number of halogens is 2. The lowest BCUT2D eigenvalue weighted by Crippen LogP contribution is -2.10. The van der Waals surface area contributed by atoms with Gasteiger partial charge in [0.15, 0.2) is 0 Å². The van der Waals surface area contributed by atoms with Gasteiger partial charge >= 0.3 is 5.97 Å². The molecule has 0 bridgehead atoms. The molecule has 1 rings (SSSR count). The number of carbonyl (C=O) groups excluding carboxylic acids is 1. The minimum Gasteiger partial charge on any atom is -0.506 e. The quantitative estimate of drug-likeness (QED) is 0.281. The lowest BCUT2D eigenvalue weighted by atomic mass is 9.99. The summed E-state index contributed by atoms with van der Waals surface area (Å²) in [4.78, 5) is 12.2. The van der Waals surface area contributed by atoms with E-state index in [9.17, 15) is 15.0 Å². The Morgan fingerprint density at radius 3 is 2.00 bits per heavy atom. The molecule has 0 radical (unpaired) electrons. The van der Waals surface area contributed by atoms with Crippen molar-refractivity contribution in [2.45, 2.75) is 71.6 Å². The molecule has 0 aliphatic carbocycles. The number of benzene rings is 1. The molecule has 1 aromatic carbocycles. The number of hydrogen-bond donors (Lipinski definition) is 2. The van der Waals surface area contributed by atoms with Gasteiger partial charge in [-0.1, -0.05) is 51.9 Å². The standard InChI is InChI=1S/C19H28Br2O4/c1-3-5-6-7-8-9-10-11-12-13-14(19(24)25-4-2)17(22)16(21)18(23)15(13)20/h22-23H,3-12H2,1-2H3. The van der Waals surface area contributed by atoms with Gasteiger partial charge in [-0.2, -0.15) is 0 Å². The SMILES string of the molecule is CCCCCCCCCCc1c(Br)c(O)c(Br)c(O)c1C(=O)OCC. The third-order valence-corrected chi connectivity index (χ3v) is 5.79. The number of ether oxygens (including phenoxy) is 1. The summed E-state index contributed by atoms with van der Waals surface area (Å²) in [5, 5.41) is 20.4. The van der Waals surface area contributed by atoms with Gasteiger partial charge in [-0.05, 0) is 57.2 Å². The molecule has 0 fully saturated rings. The van der Waals surface area contributed by atoms with Gasteiger partial charge in [0.05, 0.1) is 11.1 Å². The van der Waals surface area contributed by atoms with Crippen molar-refractivity contribution in [1.29, 1.82) is 0 Å². The normalized spacial score (nSPS) is 10.9. The number of esters is 1. The predicted molar refractivity (Wildman–Crippen MR) is 107 cm³/mol. The maximum absolute atomic E-state index is 12.2. The minimum atomic E-state index is -0.573. The fraction of sp³-hybridized carbons (Fsp3) is 0.632. The van der Waals surface area contributed by atoms with Gasteiger partial charge in [0.25, 0.3) is 0 Å². The Hall–Kier alpha value is -0.750. The van der Waals surface area contributed by atoms with Crippen molar-refractivity contribution in [1.82, 2.24) is 0 Å². The van der Waals surface area contributed by atoms with Gasteiger partial charge in [0, 0.05) is 0 Å². The first-order valence-electron chi connectivity index (χ1n) is 9.04. The number of rotatable bonds is 11. The maximum Gasteiger partial charge on any atom is 0.342 e. The summed E-state index contributed by atoms with van der Waals surface area (Å²) in [7, 11) is 0. The molecular formula is C19H28Br2O4. The Balaban J connectivity index is 2.75. The van der Waals surface area contributed by atoms with Crippen LogP contribution in [-0.4, -0.2) is 22.8 Å². The topological polar surface area (TPSA) is 66.8 Å². The number of carbonyl (C=O) groups is 1. The van der Waals surface area contributed by atoms with Gasteiger partial charge in [0.1, 0.15) is 21.5 Å². The summed E-state index contributed by atoms with van der Waals surface area (Å²) < 4.78 is 5.59. The lowest BCUT2D eigenvalue weighted by Gasteiger charge is -2.16. The highest BCUT2D eigenvalue weighted by Gasteiger charge is 2.26. The van der Waals surface area contributed by atoms with Crippen molar-refractivity contribution in [3.63, 3.8) is 0 Å². The zero-order chi connectivity index (χ0) is 18.8. The van der Waals surface area contributed by atoms with E-state index in [0.29, 0.717) is 16.5 Å². The molecule has 0 heterocycles. The zero-order valence-corrected chi connectivity index (χ0v) is 18.2. The van der Waals surface area contributed by atoms with E-state index in [1.165, 1.54) is 32.1 Å². The van der Waals surface area contributed by atoms with Crippen molar-refractivity contribution < 1.29 is 19.7 Å². The molecule has 0 aliphatic rings. The molecule has 0 aromatic heterocycles. The van der Waals surface area contributed by atoms with Crippen LogP contribution in [0.15, 0.2) is 8.95 Å². The van der Waals surface area contributed by atoms with Crippen LogP contribution in [0.5, 0.6) is 11.5 Å². The Labute approximate surface area is 167 Å². The van der Waals surface area contributed by atoms with E-state index in [2.05, 4.69) is 38.8 Å². The smallest absolute Gasteiger partial charge is 0.342 e. The fourth-order valence-electron chi connectivity index (χ4n) is 2.81. The van der Waals surface area contributed by atoms with Crippen LogP contribution in [0.1, 0.15) is 81.1 Å². The monoisotopic (exact) mass is 478 g/mol. The van der Waals surface area contributed by atoms with E-state index in [0.717, 1.165) is 19.3 Å².